The Kier molecular flexibility index (Phi) is 5.68. The number of nitrogens with zero attached hydrogens (tertiary/aromatic N) is 3. The molecule has 2 aromatic heterocycles. The number of benzene rings is 1. The Morgan fingerprint density at radius 3 is 2.70 bits per heavy atom. The summed E-state index contributed by atoms with van der Waals surface area (Å²) >= 11 is 0. The minimum atomic E-state index is 0.214. The van der Waals surface area contributed by atoms with Gasteiger partial charge in [0.15, 0.2) is 0 Å². The van der Waals surface area contributed by atoms with Crippen molar-refractivity contribution in [1.29, 1.82) is 0 Å². The Bertz CT molecular complexity index is 961. The quantitative estimate of drug-likeness (QED) is 0.674. The average molecular weight is 358 g/mol. The summed E-state index contributed by atoms with van der Waals surface area (Å²) in [6.45, 7) is 4.79. The lowest BCUT2D eigenvalue weighted by molar-refractivity contribution is 0.407. The van der Waals surface area contributed by atoms with Crippen LogP contribution in [-0.2, 0) is 0 Å². The fourth-order valence-electron chi connectivity index (χ4n) is 2.81. The normalized spacial score (nSPS) is 11.5. The van der Waals surface area contributed by atoms with Crippen molar-refractivity contribution in [3.05, 3.63) is 65.7 Å². The van der Waals surface area contributed by atoms with Crippen molar-refractivity contribution in [2.24, 2.45) is 0 Å². The van der Waals surface area contributed by atoms with E-state index in [0.29, 0.717) is 6.54 Å². The average Bonchev–Trinajstić information content (AvgIpc) is 2.72. The molecule has 0 aliphatic rings. The number of terminal acetylenes is 1. The molecule has 1 aromatic carbocycles. The SMILES string of the molecule is C#Cc1ccc(C(C)CNc2cc(-c3ccc(C)nc3)ncn2)c(OC)c1. The van der Waals surface area contributed by atoms with Gasteiger partial charge in [-0.2, -0.15) is 0 Å². The van der Waals surface area contributed by atoms with Gasteiger partial charge in [0.1, 0.15) is 17.9 Å². The lowest BCUT2D eigenvalue weighted by Crippen LogP contribution is -2.12. The van der Waals surface area contributed by atoms with Crippen LogP contribution in [0, 0.1) is 19.3 Å². The van der Waals surface area contributed by atoms with Gasteiger partial charge in [-0.1, -0.05) is 18.9 Å². The third kappa shape index (κ3) is 4.42. The van der Waals surface area contributed by atoms with Crippen LogP contribution in [0.25, 0.3) is 11.3 Å². The van der Waals surface area contributed by atoms with Crippen molar-refractivity contribution >= 4 is 5.82 Å². The molecule has 0 bridgehead atoms. The van der Waals surface area contributed by atoms with Crippen LogP contribution in [0.1, 0.15) is 29.7 Å². The van der Waals surface area contributed by atoms with Gasteiger partial charge in [0, 0.05) is 41.5 Å². The van der Waals surface area contributed by atoms with E-state index >= 15 is 0 Å². The first kappa shape index (κ1) is 18.4. The summed E-state index contributed by atoms with van der Waals surface area (Å²) in [5.74, 6) is 4.42. The van der Waals surface area contributed by atoms with E-state index in [1.165, 1.54) is 0 Å². The zero-order valence-corrected chi connectivity index (χ0v) is 15.7. The number of hydrogen-bond acceptors (Lipinski definition) is 5. The van der Waals surface area contributed by atoms with Crippen molar-refractivity contribution in [2.75, 3.05) is 19.0 Å². The van der Waals surface area contributed by atoms with Gasteiger partial charge < -0.3 is 10.1 Å². The van der Waals surface area contributed by atoms with Crippen molar-refractivity contribution < 1.29 is 4.74 Å². The number of pyridine rings is 1. The van der Waals surface area contributed by atoms with Gasteiger partial charge in [-0.25, -0.2) is 9.97 Å². The number of hydrogen-bond donors (Lipinski definition) is 1. The smallest absolute Gasteiger partial charge is 0.129 e. The number of nitrogens with one attached hydrogen (secondary N) is 1. The summed E-state index contributed by atoms with van der Waals surface area (Å²) < 4.78 is 5.49. The maximum absolute atomic E-state index is 5.49. The molecule has 136 valence electrons. The molecule has 0 amide bonds. The van der Waals surface area contributed by atoms with Crippen molar-refractivity contribution in [2.45, 2.75) is 19.8 Å². The number of anilines is 1. The maximum atomic E-state index is 5.49. The highest BCUT2D eigenvalue weighted by Crippen LogP contribution is 2.28. The first-order valence-electron chi connectivity index (χ1n) is 8.74. The van der Waals surface area contributed by atoms with Gasteiger partial charge in [0.2, 0.25) is 0 Å². The maximum Gasteiger partial charge on any atom is 0.129 e. The van der Waals surface area contributed by atoms with E-state index in [4.69, 9.17) is 11.2 Å². The number of aromatic nitrogens is 3. The van der Waals surface area contributed by atoms with Gasteiger partial charge in [0.25, 0.3) is 0 Å². The molecule has 1 unspecified atom stereocenters. The topological polar surface area (TPSA) is 59.9 Å². The fraction of sp³-hybridized carbons (Fsp3) is 0.227. The number of ether oxygens (including phenoxy) is 1. The minimum absolute atomic E-state index is 0.214. The fourth-order valence-corrected chi connectivity index (χ4v) is 2.81. The number of methoxy groups -OCH3 is 1. The van der Waals surface area contributed by atoms with Gasteiger partial charge in [-0.05, 0) is 36.8 Å². The molecule has 3 rings (SSSR count). The van der Waals surface area contributed by atoms with Crippen LogP contribution in [-0.4, -0.2) is 28.6 Å². The highest BCUT2D eigenvalue weighted by Gasteiger charge is 2.12. The van der Waals surface area contributed by atoms with E-state index in [9.17, 15) is 0 Å². The molecular formula is C22H22N4O. The molecule has 0 aliphatic carbocycles. The summed E-state index contributed by atoms with van der Waals surface area (Å²) in [5.41, 5.74) is 4.68. The molecule has 0 fully saturated rings. The zero-order valence-electron chi connectivity index (χ0n) is 15.7. The summed E-state index contributed by atoms with van der Waals surface area (Å²) in [6.07, 6.45) is 8.85. The van der Waals surface area contributed by atoms with Crippen LogP contribution in [0.2, 0.25) is 0 Å². The largest absolute Gasteiger partial charge is 0.496 e. The van der Waals surface area contributed by atoms with Crippen LogP contribution < -0.4 is 10.1 Å². The van der Waals surface area contributed by atoms with Gasteiger partial charge in [0.05, 0.1) is 12.8 Å². The van der Waals surface area contributed by atoms with E-state index in [1.807, 2.05) is 49.5 Å². The Balaban J connectivity index is 1.72. The van der Waals surface area contributed by atoms with E-state index < -0.39 is 0 Å². The summed E-state index contributed by atoms with van der Waals surface area (Å²) in [6, 6.07) is 11.7. The van der Waals surface area contributed by atoms with Crippen molar-refractivity contribution in [3.63, 3.8) is 0 Å². The molecular weight excluding hydrogens is 336 g/mol. The van der Waals surface area contributed by atoms with E-state index in [1.54, 1.807) is 13.4 Å². The predicted octanol–water partition coefficient (Wildman–Crippen LogP) is 4.05. The lowest BCUT2D eigenvalue weighted by Gasteiger charge is -2.17. The van der Waals surface area contributed by atoms with Crippen LogP contribution in [0.15, 0.2) is 48.9 Å². The summed E-state index contributed by atoms with van der Waals surface area (Å²) in [4.78, 5) is 13.0. The molecule has 27 heavy (non-hydrogen) atoms. The van der Waals surface area contributed by atoms with E-state index in [-0.39, 0.29) is 5.92 Å². The van der Waals surface area contributed by atoms with E-state index in [2.05, 4.69) is 33.1 Å². The molecule has 1 atom stereocenters. The molecule has 2 heterocycles. The van der Waals surface area contributed by atoms with Crippen molar-refractivity contribution in [3.8, 4) is 29.4 Å². The molecule has 0 saturated carbocycles. The van der Waals surface area contributed by atoms with Crippen LogP contribution in [0.4, 0.5) is 5.82 Å². The highest BCUT2D eigenvalue weighted by atomic mass is 16.5. The third-order valence-corrected chi connectivity index (χ3v) is 4.39. The second kappa shape index (κ2) is 8.33. The Morgan fingerprint density at radius 2 is 2.00 bits per heavy atom. The lowest BCUT2D eigenvalue weighted by atomic mass is 9.98. The van der Waals surface area contributed by atoms with Gasteiger partial charge in [-0.15, -0.1) is 6.42 Å². The Morgan fingerprint density at radius 1 is 1.15 bits per heavy atom. The van der Waals surface area contributed by atoms with Gasteiger partial charge in [-0.3, -0.25) is 4.98 Å². The zero-order chi connectivity index (χ0) is 19.2. The molecule has 0 radical (unpaired) electrons. The first-order chi connectivity index (χ1) is 13.1. The predicted molar refractivity (Wildman–Crippen MR) is 108 cm³/mol. The Hall–Kier alpha value is -3.39. The molecule has 5 heteroatoms. The van der Waals surface area contributed by atoms with Crippen LogP contribution in [0.3, 0.4) is 0 Å². The number of aryl methyl sites for hydroxylation is 1. The van der Waals surface area contributed by atoms with Crippen LogP contribution >= 0.6 is 0 Å². The summed E-state index contributed by atoms with van der Waals surface area (Å²) in [5, 5.41) is 3.38. The molecule has 0 spiro atoms. The van der Waals surface area contributed by atoms with Crippen molar-refractivity contribution in [1.82, 2.24) is 15.0 Å². The second-order valence-electron chi connectivity index (χ2n) is 6.36. The molecule has 0 aliphatic heterocycles. The molecule has 1 N–H and O–H groups in total. The monoisotopic (exact) mass is 358 g/mol. The molecule has 5 nitrogen and oxygen atoms in total. The van der Waals surface area contributed by atoms with Crippen LogP contribution in [0.5, 0.6) is 5.75 Å². The standard InChI is InChI=1S/C22H22N4O/c1-5-17-7-9-19(21(10-17)27-4)15(2)12-24-22-11-20(25-14-26-22)18-8-6-16(3)23-13-18/h1,6-11,13-15H,12H2,2-4H3,(H,24,25,26). The second-order valence-corrected chi connectivity index (χ2v) is 6.36. The molecule has 0 saturated heterocycles. The van der Waals surface area contributed by atoms with E-state index in [0.717, 1.165) is 39.6 Å². The third-order valence-electron chi connectivity index (χ3n) is 4.39. The Labute approximate surface area is 159 Å². The minimum Gasteiger partial charge on any atom is -0.496 e. The van der Waals surface area contributed by atoms with Gasteiger partial charge >= 0.3 is 0 Å². The summed E-state index contributed by atoms with van der Waals surface area (Å²) in [7, 11) is 1.66. The molecule has 3 aromatic rings. The number of rotatable bonds is 6. The highest BCUT2D eigenvalue weighted by molar-refractivity contribution is 5.61. The first-order valence-corrected chi connectivity index (χ1v) is 8.74.